The summed E-state index contributed by atoms with van der Waals surface area (Å²) in [4.78, 5) is 4.52. The zero-order chi connectivity index (χ0) is 16.1. The quantitative estimate of drug-likeness (QED) is 0.528. The van der Waals surface area contributed by atoms with Gasteiger partial charge in [0.15, 0.2) is 0 Å². The van der Waals surface area contributed by atoms with Gasteiger partial charge in [0.1, 0.15) is 5.75 Å². The van der Waals surface area contributed by atoms with Crippen LogP contribution in [0.4, 0.5) is 5.13 Å². The van der Waals surface area contributed by atoms with Crippen LogP contribution in [0.5, 0.6) is 5.75 Å². The Morgan fingerprint density at radius 1 is 1.22 bits per heavy atom. The van der Waals surface area contributed by atoms with Crippen LogP contribution in [0.3, 0.4) is 0 Å². The second-order valence-electron chi connectivity index (χ2n) is 4.66. The molecule has 1 heterocycles. The fraction of sp³-hybridized carbons (Fsp3) is 0.0588. The third-order valence-corrected chi connectivity index (χ3v) is 4.10. The summed E-state index contributed by atoms with van der Waals surface area (Å²) >= 11 is 7.53. The predicted molar refractivity (Wildman–Crippen MR) is 96.8 cm³/mol. The number of nitrogens with zero attached hydrogens (tertiary/aromatic N) is 2. The first kappa shape index (κ1) is 15.5. The Morgan fingerprint density at radius 3 is 2.83 bits per heavy atom. The van der Waals surface area contributed by atoms with Crippen LogP contribution in [0.1, 0.15) is 5.56 Å². The molecule has 0 saturated carbocycles. The van der Waals surface area contributed by atoms with Gasteiger partial charge in [-0.25, -0.2) is 4.98 Å². The number of hydrogen-bond donors (Lipinski definition) is 1. The molecule has 0 amide bonds. The molecule has 116 valence electrons. The van der Waals surface area contributed by atoms with Gasteiger partial charge in [-0.05, 0) is 23.8 Å². The molecule has 0 fully saturated rings. The van der Waals surface area contributed by atoms with Gasteiger partial charge < -0.3 is 4.74 Å². The van der Waals surface area contributed by atoms with Gasteiger partial charge in [-0.2, -0.15) is 5.10 Å². The fourth-order valence-corrected chi connectivity index (χ4v) is 2.86. The summed E-state index contributed by atoms with van der Waals surface area (Å²) in [5.74, 6) is 0.735. The lowest BCUT2D eigenvalue weighted by molar-refractivity contribution is 0.416. The summed E-state index contributed by atoms with van der Waals surface area (Å²) in [5, 5.41) is 7.48. The van der Waals surface area contributed by atoms with Gasteiger partial charge in [0, 0.05) is 16.0 Å². The Balaban J connectivity index is 1.76. The van der Waals surface area contributed by atoms with Crippen LogP contribution in [0.15, 0.2) is 59.0 Å². The molecular formula is C17H14ClN3OS. The van der Waals surface area contributed by atoms with Crippen molar-refractivity contribution in [2.45, 2.75) is 0 Å². The topological polar surface area (TPSA) is 46.5 Å². The predicted octanol–water partition coefficient (Wildman–Crippen LogP) is 4.92. The molecule has 1 N–H and O–H groups in total. The van der Waals surface area contributed by atoms with Gasteiger partial charge in [-0.1, -0.05) is 41.9 Å². The first-order valence-corrected chi connectivity index (χ1v) is 8.15. The average molecular weight is 344 g/mol. The van der Waals surface area contributed by atoms with E-state index in [0.29, 0.717) is 10.2 Å². The van der Waals surface area contributed by atoms with Crippen LogP contribution in [0.2, 0.25) is 5.02 Å². The molecule has 0 aliphatic heterocycles. The molecule has 0 radical (unpaired) electrons. The van der Waals surface area contributed by atoms with Gasteiger partial charge in [-0.3, -0.25) is 5.43 Å². The normalized spacial score (nSPS) is 10.9. The second kappa shape index (κ2) is 7.26. The number of ether oxygens (including phenoxy) is 1. The summed E-state index contributed by atoms with van der Waals surface area (Å²) in [6.45, 7) is 0. The van der Waals surface area contributed by atoms with E-state index in [0.717, 1.165) is 22.6 Å². The maximum absolute atomic E-state index is 6.06. The molecule has 2 aromatic carbocycles. The highest BCUT2D eigenvalue weighted by Gasteiger charge is 2.10. The molecule has 3 rings (SSSR count). The van der Waals surface area contributed by atoms with Crippen molar-refractivity contribution in [3.05, 3.63) is 64.5 Å². The summed E-state index contributed by atoms with van der Waals surface area (Å²) in [7, 11) is 1.63. The molecule has 0 spiro atoms. The number of halogens is 1. The van der Waals surface area contributed by atoms with E-state index in [4.69, 9.17) is 16.3 Å². The van der Waals surface area contributed by atoms with Gasteiger partial charge in [0.2, 0.25) is 5.13 Å². The Hall–Kier alpha value is -2.37. The fourth-order valence-electron chi connectivity index (χ4n) is 2.03. The number of thiazole rings is 1. The first-order valence-electron chi connectivity index (χ1n) is 6.90. The van der Waals surface area contributed by atoms with Crippen molar-refractivity contribution in [2.24, 2.45) is 5.10 Å². The monoisotopic (exact) mass is 343 g/mol. The number of rotatable bonds is 5. The molecule has 4 nitrogen and oxygen atoms in total. The number of methoxy groups -OCH3 is 1. The molecule has 23 heavy (non-hydrogen) atoms. The maximum Gasteiger partial charge on any atom is 0.203 e. The molecule has 0 aliphatic carbocycles. The summed E-state index contributed by atoms with van der Waals surface area (Å²) in [6, 6.07) is 15.3. The van der Waals surface area contributed by atoms with Crippen LogP contribution in [0.25, 0.3) is 11.3 Å². The maximum atomic E-state index is 6.06. The smallest absolute Gasteiger partial charge is 0.203 e. The van der Waals surface area contributed by atoms with E-state index in [1.807, 2.05) is 47.8 Å². The summed E-state index contributed by atoms with van der Waals surface area (Å²) in [6.07, 6.45) is 1.75. The van der Waals surface area contributed by atoms with E-state index in [2.05, 4.69) is 15.5 Å². The van der Waals surface area contributed by atoms with E-state index < -0.39 is 0 Å². The molecule has 0 atom stereocenters. The molecule has 0 bridgehead atoms. The Labute approximate surface area is 143 Å². The van der Waals surface area contributed by atoms with Crippen molar-refractivity contribution in [3.8, 4) is 17.0 Å². The van der Waals surface area contributed by atoms with E-state index in [1.165, 1.54) is 11.3 Å². The van der Waals surface area contributed by atoms with Crippen molar-refractivity contribution in [1.29, 1.82) is 0 Å². The second-order valence-corrected chi connectivity index (χ2v) is 5.96. The molecule has 0 unspecified atom stereocenters. The number of hydrazone groups is 1. The van der Waals surface area contributed by atoms with Gasteiger partial charge in [0.05, 0.1) is 19.0 Å². The minimum Gasteiger partial charge on any atom is -0.496 e. The van der Waals surface area contributed by atoms with Crippen molar-refractivity contribution in [3.63, 3.8) is 0 Å². The number of hydrogen-bond acceptors (Lipinski definition) is 5. The lowest BCUT2D eigenvalue weighted by atomic mass is 10.1. The van der Waals surface area contributed by atoms with E-state index in [9.17, 15) is 0 Å². The zero-order valence-electron chi connectivity index (χ0n) is 12.4. The average Bonchev–Trinajstić information content (AvgIpc) is 3.04. The highest BCUT2D eigenvalue weighted by atomic mass is 35.5. The van der Waals surface area contributed by atoms with Gasteiger partial charge >= 0.3 is 0 Å². The largest absolute Gasteiger partial charge is 0.496 e. The lowest BCUT2D eigenvalue weighted by Crippen LogP contribution is -1.91. The third-order valence-electron chi connectivity index (χ3n) is 3.12. The van der Waals surface area contributed by atoms with Crippen LogP contribution < -0.4 is 10.2 Å². The van der Waals surface area contributed by atoms with Crippen LogP contribution >= 0.6 is 22.9 Å². The highest BCUT2D eigenvalue weighted by molar-refractivity contribution is 7.14. The number of anilines is 1. The molecule has 0 saturated heterocycles. The van der Waals surface area contributed by atoms with E-state index in [-0.39, 0.29) is 0 Å². The summed E-state index contributed by atoms with van der Waals surface area (Å²) in [5.41, 5.74) is 5.62. The van der Waals surface area contributed by atoms with Crippen molar-refractivity contribution < 1.29 is 4.74 Å². The minimum atomic E-state index is 0.644. The van der Waals surface area contributed by atoms with Crippen LogP contribution in [-0.4, -0.2) is 18.3 Å². The SMILES string of the molecule is COc1ccc(Cl)cc1-c1csc(NN=Cc2ccccc2)n1. The zero-order valence-corrected chi connectivity index (χ0v) is 13.9. The van der Waals surface area contributed by atoms with Crippen LogP contribution in [-0.2, 0) is 0 Å². The Kier molecular flexibility index (Phi) is 4.90. The number of aromatic nitrogens is 1. The summed E-state index contributed by atoms with van der Waals surface area (Å²) < 4.78 is 5.36. The number of nitrogens with one attached hydrogen (secondary N) is 1. The number of benzene rings is 2. The molecule has 6 heteroatoms. The standard InChI is InChI=1S/C17H14ClN3OS/c1-22-16-8-7-13(18)9-14(16)15-11-23-17(20-15)21-19-10-12-5-3-2-4-6-12/h2-11H,1H3,(H,20,21). The molecule has 3 aromatic rings. The molecule has 1 aromatic heterocycles. The van der Waals surface area contributed by atoms with Crippen molar-refractivity contribution >= 4 is 34.3 Å². The third kappa shape index (κ3) is 3.88. The molecular weight excluding hydrogens is 330 g/mol. The Bertz CT molecular complexity index is 818. The van der Waals surface area contributed by atoms with Crippen LogP contribution in [0, 0.1) is 0 Å². The lowest BCUT2D eigenvalue weighted by Gasteiger charge is -2.06. The van der Waals surface area contributed by atoms with E-state index >= 15 is 0 Å². The highest BCUT2D eigenvalue weighted by Crippen LogP contribution is 2.34. The Morgan fingerprint density at radius 2 is 2.04 bits per heavy atom. The first-order chi connectivity index (χ1) is 11.3. The minimum absolute atomic E-state index is 0.644. The molecule has 0 aliphatic rings. The van der Waals surface area contributed by atoms with Gasteiger partial charge in [-0.15, -0.1) is 11.3 Å². The van der Waals surface area contributed by atoms with Gasteiger partial charge in [0.25, 0.3) is 0 Å². The van der Waals surface area contributed by atoms with Crippen molar-refractivity contribution in [2.75, 3.05) is 12.5 Å². The van der Waals surface area contributed by atoms with E-state index in [1.54, 1.807) is 19.4 Å². The van der Waals surface area contributed by atoms with Crippen molar-refractivity contribution in [1.82, 2.24) is 4.98 Å².